The molecule has 0 radical (unpaired) electrons. The Balaban J connectivity index is 1.63. The summed E-state index contributed by atoms with van der Waals surface area (Å²) in [4.78, 5) is 4.99. The van der Waals surface area contributed by atoms with Gasteiger partial charge in [0.2, 0.25) is 0 Å². The number of para-hydroxylation sites is 1. The molecule has 1 aliphatic rings. The van der Waals surface area contributed by atoms with Gasteiger partial charge in [-0.2, -0.15) is 0 Å². The summed E-state index contributed by atoms with van der Waals surface area (Å²) in [6.45, 7) is 8.48. The first kappa shape index (κ1) is 14.3. The van der Waals surface area contributed by atoms with E-state index in [9.17, 15) is 0 Å². The lowest BCUT2D eigenvalue weighted by molar-refractivity contribution is 0.195. The third kappa shape index (κ3) is 4.82. The minimum atomic E-state index is 0.793. The van der Waals surface area contributed by atoms with Crippen LogP contribution in [0.4, 0.5) is 5.69 Å². The molecule has 2 rings (SSSR count). The zero-order valence-electron chi connectivity index (χ0n) is 11.8. The molecular formula is C15H25N3O. The van der Waals surface area contributed by atoms with Crippen LogP contribution in [-0.2, 0) is 4.74 Å². The molecule has 106 valence electrons. The van der Waals surface area contributed by atoms with Gasteiger partial charge in [0.15, 0.2) is 0 Å². The van der Waals surface area contributed by atoms with Crippen molar-refractivity contribution in [3.05, 3.63) is 30.3 Å². The second-order valence-corrected chi connectivity index (χ2v) is 4.91. The van der Waals surface area contributed by atoms with Crippen LogP contribution in [0, 0.1) is 0 Å². The molecule has 0 spiro atoms. The number of ether oxygens (including phenoxy) is 1. The van der Waals surface area contributed by atoms with Gasteiger partial charge in [0.25, 0.3) is 0 Å². The highest BCUT2D eigenvalue weighted by atomic mass is 16.5. The van der Waals surface area contributed by atoms with Crippen molar-refractivity contribution in [1.82, 2.24) is 10.2 Å². The van der Waals surface area contributed by atoms with Crippen LogP contribution in [0.2, 0.25) is 0 Å². The Morgan fingerprint density at radius 2 is 1.79 bits per heavy atom. The summed E-state index contributed by atoms with van der Waals surface area (Å²) in [6, 6.07) is 10.7. The number of rotatable bonds is 7. The number of nitrogens with zero attached hydrogens (tertiary/aromatic N) is 2. The SMILES string of the molecule is COCCNCCN1CCN(c2ccccc2)CC1. The van der Waals surface area contributed by atoms with E-state index < -0.39 is 0 Å². The highest BCUT2D eigenvalue weighted by molar-refractivity contribution is 5.46. The van der Waals surface area contributed by atoms with Gasteiger partial charge in [-0.3, -0.25) is 4.90 Å². The summed E-state index contributed by atoms with van der Waals surface area (Å²) >= 11 is 0. The lowest BCUT2D eigenvalue weighted by Crippen LogP contribution is -2.48. The highest BCUT2D eigenvalue weighted by Crippen LogP contribution is 2.15. The van der Waals surface area contributed by atoms with Gasteiger partial charge in [-0.25, -0.2) is 0 Å². The molecule has 0 aromatic heterocycles. The second kappa shape index (κ2) is 8.15. The van der Waals surface area contributed by atoms with E-state index in [0.29, 0.717) is 0 Å². The van der Waals surface area contributed by atoms with Crippen molar-refractivity contribution in [3.63, 3.8) is 0 Å². The third-order valence-electron chi connectivity index (χ3n) is 3.58. The average molecular weight is 263 g/mol. The van der Waals surface area contributed by atoms with Gasteiger partial charge in [-0.15, -0.1) is 0 Å². The van der Waals surface area contributed by atoms with E-state index in [1.54, 1.807) is 7.11 Å². The van der Waals surface area contributed by atoms with E-state index >= 15 is 0 Å². The molecule has 4 nitrogen and oxygen atoms in total. The Bertz CT molecular complexity index is 337. The monoisotopic (exact) mass is 263 g/mol. The highest BCUT2D eigenvalue weighted by Gasteiger charge is 2.16. The molecule has 1 aliphatic heterocycles. The van der Waals surface area contributed by atoms with Crippen molar-refractivity contribution in [2.75, 3.05) is 64.4 Å². The Morgan fingerprint density at radius 1 is 1.05 bits per heavy atom. The van der Waals surface area contributed by atoms with Crippen molar-refractivity contribution in [2.24, 2.45) is 0 Å². The van der Waals surface area contributed by atoms with Gasteiger partial charge in [0, 0.05) is 58.6 Å². The molecule has 19 heavy (non-hydrogen) atoms. The predicted molar refractivity (Wildman–Crippen MR) is 79.8 cm³/mol. The topological polar surface area (TPSA) is 27.7 Å². The average Bonchev–Trinajstić information content (AvgIpc) is 2.49. The molecule has 1 heterocycles. The Kier molecular flexibility index (Phi) is 6.14. The van der Waals surface area contributed by atoms with Gasteiger partial charge in [-0.05, 0) is 12.1 Å². The summed E-state index contributed by atoms with van der Waals surface area (Å²) in [5, 5.41) is 3.40. The van der Waals surface area contributed by atoms with Crippen molar-refractivity contribution in [2.45, 2.75) is 0 Å². The molecule has 0 atom stereocenters. The summed E-state index contributed by atoms with van der Waals surface area (Å²) in [6.07, 6.45) is 0. The zero-order chi connectivity index (χ0) is 13.3. The van der Waals surface area contributed by atoms with Gasteiger partial charge >= 0.3 is 0 Å². The number of benzene rings is 1. The molecule has 4 heteroatoms. The number of nitrogens with one attached hydrogen (secondary N) is 1. The minimum Gasteiger partial charge on any atom is -0.383 e. The fourth-order valence-electron chi connectivity index (χ4n) is 2.40. The van der Waals surface area contributed by atoms with Gasteiger partial charge in [-0.1, -0.05) is 18.2 Å². The molecule has 1 aromatic carbocycles. The van der Waals surface area contributed by atoms with Gasteiger partial charge in [0.05, 0.1) is 6.61 Å². The van der Waals surface area contributed by atoms with E-state index in [4.69, 9.17) is 4.74 Å². The molecule has 1 fully saturated rings. The first-order valence-corrected chi connectivity index (χ1v) is 7.12. The van der Waals surface area contributed by atoms with E-state index in [2.05, 4.69) is 45.4 Å². The molecule has 0 bridgehead atoms. The van der Waals surface area contributed by atoms with Crippen LogP contribution in [0.1, 0.15) is 0 Å². The van der Waals surface area contributed by atoms with Crippen molar-refractivity contribution in [1.29, 1.82) is 0 Å². The predicted octanol–water partition coefficient (Wildman–Crippen LogP) is 1.04. The van der Waals surface area contributed by atoms with Crippen LogP contribution < -0.4 is 10.2 Å². The van der Waals surface area contributed by atoms with Crippen molar-refractivity contribution < 1.29 is 4.74 Å². The quantitative estimate of drug-likeness (QED) is 0.744. The molecule has 1 N–H and O–H groups in total. The molecule has 0 amide bonds. The maximum absolute atomic E-state index is 5.01. The number of anilines is 1. The fraction of sp³-hybridized carbons (Fsp3) is 0.600. The van der Waals surface area contributed by atoms with Crippen LogP contribution in [0.15, 0.2) is 30.3 Å². The lowest BCUT2D eigenvalue weighted by atomic mass is 10.2. The maximum atomic E-state index is 5.01. The largest absolute Gasteiger partial charge is 0.383 e. The van der Waals surface area contributed by atoms with Gasteiger partial charge < -0.3 is 15.0 Å². The lowest BCUT2D eigenvalue weighted by Gasteiger charge is -2.36. The number of hydrogen-bond donors (Lipinski definition) is 1. The Hall–Kier alpha value is -1.10. The van der Waals surface area contributed by atoms with Crippen molar-refractivity contribution in [3.8, 4) is 0 Å². The minimum absolute atomic E-state index is 0.793. The van der Waals surface area contributed by atoms with Crippen LogP contribution >= 0.6 is 0 Å². The summed E-state index contributed by atoms with van der Waals surface area (Å²) in [7, 11) is 1.74. The standard InChI is InChI=1S/C15H25N3O/c1-19-14-8-16-7-9-17-10-12-18(13-11-17)15-5-3-2-4-6-15/h2-6,16H,7-14H2,1H3. The van der Waals surface area contributed by atoms with E-state index in [-0.39, 0.29) is 0 Å². The number of piperazine rings is 1. The van der Waals surface area contributed by atoms with Crippen LogP contribution in [0.5, 0.6) is 0 Å². The van der Waals surface area contributed by atoms with Crippen LogP contribution in [-0.4, -0.2) is 64.4 Å². The maximum Gasteiger partial charge on any atom is 0.0587 e. The van der Waals surface area contributed by atoms with E-state index in [1.807, 2.05) is 0 Å². The summed E-state index contributed by atoms with van der Waals surface area (Å²) in [5.41, 5.74) is 1.35. The van der Waals surface area contributed by atoms with Crippen LogP contribution in [0.3, 0.4) is 0 Å². The Labute approximate surface area is 116 Å². The first-order chi connectivity index (χ1) is 9.40. The smallest absolute Gasteiger partial charge is 0.0587 e. The van der Waals surface area contributed by atoms with Gasteiger partial charge in [0.1, 0.15) is 0 Å². The molecule has 0 aliphatic carbocycles. The van der Waals surface area contributed by atoms with Crippen LogP contribution in [0.25, 0.3) is 0 Å². The third-order valence-corrected chi connectivity index (χ3v) is 3.58. The molecule has 0 saturated carbocycles. The number of methoxy groups -OCH3 is 1. The molecule has 1 aromatic rings. The normalized spacial score (nSPS) is 16.8. The Morgan fingerprint density at radius 3 is 2.47 bits per heavy atom. The first-order valence-electron chi connectivity index (χ1n) is 7.12. The summed E-state index contributed by atoms with van der Waals surface area (Å²) in [5.74, 6) is 0. The fourth-order valence-corrected chi connectivity index (χ4v) is 2.40. The molecule has 0 unspecified atom stereocenters. The summed E-state index contributed by atoms with van der Waals surface area (Å²) < 4.78 is 5.01. The van der Waals surface area contributed by atoms with Crippen molar-refractivity contribution >= 4 is 5.69 Å². The molecule has 1 saturated heterocycles. The zero-order valence-corrected chi connectivity index (χ0v) is 11.8. The van der Waals surface area contributed by atoms with E-state index in [1.165, 1.54) is 5.69 Å². The van der Waals surface area contributed by atoms with E-state index in [0.717, 1.165) is 52.4 Å². The second-order valence-electron chi connectivity index (χ2n) is 4.91. The number of hydrogen-bond acceptors (Lipinski definition) is 4. The molecular weight excluding hydrogens is 238 g/mol.